The summed E-state index contributed by atoms with van der Waals surface area (Å²) in [6.07, 6.45) is 14.5. The average Bonchev–Trinajstić information content (AvgIpc) is 2.77. The summed E-state index contributed by atoms with van der Waals surface area (Å²) in [4.78, 5) is 36.8. The van der Waals surface area contributed by atoms with Crippen LogP contribution in [0.4, 0.5) is 0 Å². The number of carbonyl (C=O) groups is 3. The van der Waals surface area contributed by atoms with Gasteiger partial charge in [0.2, 0.25) is 17.7 Å². The number of carbonyl (C=O) groups excluding carboxylic acids is 3. The Kier molecular flexibility index (Phi) is 23.1. The van der Waals surface area contributed by atoms with Crippen molar-refractivity contribution in [3.8, 4) is 12.3 Å². The zero-order valence-corrected chi connectivity index (χ0v) is 24.8. The van der Waals surface area contributed by atoms with Crippen molar-refractivity contribution in [2.75, 3.05) is 33.8 Å². The number of hydrogen-bond acceptors (Lipinski definition) is 4. The maximum absolute atomic E-state index is 12.5. The van der Waals surface area contributed by atoms with Crippen LogP contribution in [0.2, 0.25) is 0 Å². The van der Waals surface area contributed by atoms with Crippen molar-refractivity contribution in [1.82, 2.24) is 16.0 Å². The lowest BCUT2D eigenvalue weighted by molar-refractivity contribution is -0.890. The Bertz CT molecular complexity index is 657. The SMILES string of the molecule is C#CC.CC(C)NC(=O)CCC(NC(=O)CCCCCCCCCC[N+](C)(C)CCO)C(=O)NC(C)C. The smallest absolute Gasteiger partial charge is 0.242 e. The highest BCUT2D eigenvalue weighted by Crippen LogP contribution is 2.11. The molecule has 1 atom stereocenters. The van der Waals surface area contributed by atoms with Gasteiger partial charge in [0.25, 0.3) is 0 Å². The molecular weight excluding hydrogens is 468 g/mol. The molecule has 0 radical (unpaired) electrons. The van der Waals surface area contributed by atoms with Crippen molar-refractivity contribution in [1.29, 1.82) is 0 Å². The highest BCUT2D eigenvalue weighted by molar-refractivity contribution is 5.88. The van der Waals surface area contributed by atoms with Gasteiger partial charge in [-0.05, 0) is 60.3 Å². The third-order valence-corrected chi connectivity index (χ3v) is 5.81. The number of aliphatic hydroxyl groups is 1. The predicted molar refractivity (Wildman–Crippen MR) is 153 cm³/mol. The van der Waals surface area contributed by atoms with Gasteiger partial charge < -0.3 is 25.5 Å². The van der Waals surface area contributed by atoms with Crippen LogP contribution in [-0.2, 0) is 14.4 Å². The van der Waals surface area contributed by atoms with E-state index in [1.165, 1.54) is 32.1 Å². The van der Waals surface area contributed by atoms with E-state index < -0.39 is 6.04 Å². The van der Waals surface area contributed by atoms with Gasteiger partial charge in [0, 0.05) is 24.9 Å². The first kappa shape index (κ1) is 37.0. The molecule has 0 rings (SSSR count). The molecule has 0 bridgehead atoms. The van der Waals surface area contributed by atoms with Crippen molar-refractivity contribution in [2.45, 2.75) is 123 Å². The van der Waals surface area contributed by atoms with Crippen molar-refractivity contribution in [2.24, 2.45) is 0 Å². The van der Waals surface area contributed by atoms with Gasteiger partial charge in [-0.3, -0.25) is 14.4 Å². The molecule has 0 saturated carbocycles. The molecule has 0 aliphatic heterocycles. The van der Waals surface area contributed by atoms with Gasteiger partial charge in [-0.25, -0.2) is 0 Å². The lowest BCUT2D eigenvalue weighted by Gasteiger charge is -2.28. The molecule has 3 amide bonds. The van der Waals surface area contributed by atoms with Gasteiger partial charge in [0.05, 0.1) is 27.2 Å². The zero-order valence-electron chi connectivity index (χ0n) is 24.8. The van der Waals surface area contributed by atoms with Gasteiger partial charge in [-0.15, -0.1) is 12.3 Å². The van der Waals surface area contributed by atoms with Crippen LogP contribution in [0.3, 0.4) is 0 Å². The average molecular weight is 526 g/mol. The number of hydrogen-bond donors (Lipinski definition) is 4. The molecule has 0 aliphatic rings. The molecule has 0 aliphatic carbocycles. The number of terminal acetylenes is 1. The Morgan fingerprint density at radius 1 is 0.757 bits per heavy atom. The fourth-order valence-electron chi connectivity index (χ4n) is 3.86. The topological polar surface area (TPSA) is 108 Å². The van der Waals surface area contributed by atoms with E-state index in [4.69, 9.17) is 5.11 Å². The van der Waals surface area contributed by atoms with Crippen molar-refractivity contribution >= 4 is 17.7 Å². The van der Waals surface area contributed by atoms with Crippen LogP contribution < -0.4 is 16.0 Å². The first-order valence-corrected chi connectivity index (χ1v) is 14.1. The largest absolute Gasteiger partial charge is 0.391 e. The second-order valence-electron chi connectivity index (χ2n) is 11.0. The lowest BCUT2D eigenvalue weighted by Crippen LogP contribution is -2.49. The quantitative estimate of drug-likeness (QED) is 0.111. The summed E-state index contributed by atoms with van der Waals surface area (Å²) in [5.41, 5.74) is 0. The Morgan fingerprint density at radius 2 is 1.22 bits per heavy atom. The molecule has 0 heterocycles. The number of likely N-dealkylation sites (N-methyl/N-ethyl adjacent to an activating group) is 1. The molecule has 0 fully saturated rings. The molecule has 37 heavy (non-hydrogen) atoms. The molecule has 216 valence electrons. The number of unbranched alkanes of at least 4 members (excludes halogenated alkanes) is 7. The Labute approximate surface area is 227 Å². The fourth-order valence-corrected chi connectivity index (χ4v) is 3.86. The van der Waals surface area contributed by atoms with Gasteiger partial charge in [0.15, 0.2) is 0 Å². The number of rotatable bonds is 20. The monoisotopic (exact) mass is 525 g/mol. The predicted octanol–water partition coefficient (Wildman–Crippen LogP) is 3.52. The van der Waals surface area contributed by atoms with E-state index >= 15 is 0 Å². The highest BCUT2D eigenvalue weighted by Gasteiger charge is 2.22. The number of quaternary nitrogens is 1. The minimum Gasteiger partial charge on any atom is -0.391 e. The van der Waals surface area contributed by atoms with Crippen molar-refractivity contribution in [3.63, 3.8) is 0 Å². The minimum atomic E-state index is -0.686. The molecule has 0 aromatic carbocycles. The fraction of sp³-hybridized carbons (Fsp3) is 0.828. The van der Waals surface area contributed by atoms with Crippen molar-refractivity contribution < 1.29 is 24.0 Å². The highest BCUT2D eigenvalue weighted by atomic mass is 16.3. The van der Waals surface area contributed by atoms with Crippen LogP contribution in [0.15, 0.2) is 0 Å². The van der Waals surface area contributed by atoms with Gasteiger partial charge in [0.1, 0.15) is 12.6 Å². The summed E-state index contributed by atoms with van der Waals surface area (Å²) in [5.74, 6) is 1.77. The van der Waals surface area contributed by atoms with Crippen LogP contribution in [0.25, 0.3) is 0 Å². The summed E-state index contributed by atoms with van der Waals surface area (Å²) in [5, 5.41) is 17.6. The third-order valence-electron chi connectivity index (χ3n) is 5.81. The molecule has 0 aromatic heterocycles. The molecule has 1 unspecified atom stereocenters. The molecule has 8 heteroatoms. The minimum absolute atomic E-state index is 0.0255. The van der Waals surface area contributed by atoms with Crippen LogP contribution in [-0.4, -0.2) is 79.2 Å². The van der Waals surface area contributed by atoms with E-state index in [-0.39, 0.29) is 42.8 Å². The molecule has 0 spiro atoms. The second kappa shape index (κ2) is 23.0. The lowest BCUT2D eigenvalue weighted by atomic mass is 10.1. The number of amides is 3. The number of nitrogens with one attached hydrogen (secondary N) is 3. The summed E-state index contributed by atoms with van der Waals surface area (Å²) in [6, 6.07) is -0.662. The van der Waals surface area contributed by atoms with Crippen LogP contribution in [0.1, 0.15) is 105 Å². The molecule has 0 saturated heterocycles. The van der Waals surface area contributed by atoms with E-state index in [1.54, 1.807) is 6.92 Å². The summed E-state index contributed by atoms with van der Waals surface area (Å²) < 4.78 is 0.879. The first-order valence-electron chi connectivity index (χ1n) is 14.1. The van der Waals surface area contributed by atoms with Crippen LogP contribution in [0.5, 0.6) is 0 Å². The Morgan fingerprint density at radius 3 is 1.70 bits per heavy atom. The van der Waals surface area contributed by atoms with E-state index in [9.17, 15) is 14.4 Å². The van der Waals surface area contributed by atoms with Gasteiger partial charge >= 0.3 is 0 Å². The summed E-state index contributed by atoms with van der Waals surface area (Å²) in [6.45, 7) is 11.3. The van der Waals surface area contributed by atoms with E-state index in [0.29, 0.717) is 12.8 Å². The van der Waals surface area contributed by atoms with E-state index in [1.807, 2.05) is 27.7 Å². The molecule has 8 nitrogen and oxygen atoms in total. The summed E-state index contributed by atoms with van der Waals surface area (Å²) in [7, 11) is 4.32. The van der Waals surface area contributed by atoms with E-state index in [2.05, 4.69) is 42.4 Å². The second-order valence-corrected chi connectivity index (χ2v) is 11.0. The molecular formula is C29H57N4O4+. The standard InChI is InChI=1S/C26H52N4O4.C3H4/c1-21(2)27-25(33)17-16-23(26(34)28-22(3)4)29-24(32)15-13-11-9-7-8-10-12-14-18-30(5,6)19-20-31;1-3-2/h21-23,31H,7-20H2,1-6H3,(H2-,27,28,29,32,33,34);1H,2H3/p+1. The van der Waals surface area contributed by atoms with Crippen LogP contribution in [0, 0.1) is 12.3 Å². The maximum Gasteiger partial charge on any atom is 0.242 e. The number of aliphatic hydroxyl groups excluding tert-OH is 1. The maximum atomic E-state index is 12.5. The third kappa shape index (κ3) is 25.3. The Hall–Kier alpha value is -2.11. The normalized spacial score (nSPS) is 11.8. The summed E-state index contributed by atoms with van der Waals surface area (Å²) >= 11 is 0. The molecule has 4 N–H and O–H groups in total. The van der Waals surface area contributed by atoms with Crippen LogP contribution >= 0.6 is 0 Å². The number of nitrogens with zero attached hydrogens (tertiary/aromatic N) is 1. The Balaban J connectivity index is 0. The van der Waals surface area contributed by atoms with Crippen molar-refractivity contribution in [3.05, 3.63) is 0 Å². The first-order chi connectivity index (χ1) is 17.4. The van der Waals surface area contributed by atoms with Gasteiger partial charge in [-0.1, -0.05) is 32.1 Å². The molecule has 0 aromatic rings. The zero-order chi connectivity index (χ0) is 28.7. The van der Waals surface area contributed by atoms with Gasteiger partial charge in [-0.2, -0.15) is 0 Å². The van der Waals surface area contributed by atoms with E-state index in [0.717, 1.165) is 36.8 Å².